The van der Waals surface area contributed by atoms with Crippen molar-refractivity contribution in [3.63, 3.8) is 0 Å². The van der Waals surface area contributed by atoms with Crippen LogP contribution in [0.25, 0.3) is 0 Å². The number of nitrogen functional groups attached to an aromatic ring is 1. The normalized spacial score (nSPS) is 20.1. The SMILES string of the molecule is CC1(C)CCN(c2ncnc(N)c2Cl)CCS1. The number of nitrogens with zero attached hydrogens (tertiary/aromatic N) is 3. The Morgan fingerprint density at radius 1 is 1.41 bits per heavy atom. The van der Waals surface area contributed by atoms with Crippen molar-refractivity contribution < 1.29 is 0 Å². The highest BCUT2D eigenvalue weighted by Gasteiger charge is 2.25. The molecule has 0 radical (unpaired) electrons. The van der Waals surface area contributed by atoms with E-state index in [0.29, 0.717) is 15.6 Å². The first-order valence-corrected chi connectivity index (χ1v) is 7.01. The zero-order chi connectivity index (χ0) is 12.5. The van der Waals surface area contributed by atoms with Crippen molar-refractivity contribution in [2.75, 3.05) is 29.5 Å². The number of thioether (sulfide) groups is 1. The number of rotatable bonds is 1. The molecule has 1 aromatic rings. The Hall–Kier alpha value is -0.680. The van der Waals surface area contributed by atoms with Crippen molar-refractivity contribution in [2.45, 2.75) is 25.0 Å². The molecule has 6 heteroatoms. The molecule has 0 unspecified atom stereocenters. The topological polar surface area (TPSA) is 55.0 Å². The summed E-state index contributed by atoms with van der Waals surface area (Å²) in [6, 6.07) is 0. The molecule has 0 aliphatic carbocycles. The second kappa shape index (κ2) is 4.90. The lowest BCUT2D eigenvalue weighted by Gasteiger charge is -2.24. The standard InChI is InChI=1S/C11H17ClN4S/c1-11(2)3-4-16(5-6-17-11)10-8(12)9(13)14-7-15-10/h7H,3-6H2,1-2H3,(H2,13,14,15). The Kier molecular flexibility index (Phi) is 3.68. The molecule has 2 N–H and O–H groups in total. The largest absolute Gasteiger partial charge is 0.382 e. The first-order valence-electron chi connectivity index (χ1n) is 5.64. The maximum Gasteiger partial charge on any atom is 0.153 e. The van der Waals surface area contributed by atoms with Gasteiger partial charge in [-0.05, 0) is 6.42 Å². The van der Waals surface area contributed by atoms with E-state index in [-0.39, 0.29) is 0 Å². The summed E-state index contributed by atoms with van der Waals surface area (Å²) in [7, 11) is 0. The summed E-state index contributed by atoms with van der Waals surface area (Å²) in [4.78, 5) is 10.3. The van der Waals surface area contributed by atoms with Crippen LogP contribution in [-0.4, -0.2) is 33.6 Å². The highest BCUT2D eigenvalue weighted by molar-refractivity contribution is 8.00. The molecule has 0 saturated carbocycles. The zero-order valence-electron chi connectivity index (χ0n) is 10.1. The van der Waals surface area contributed by atoms with Crippen molar-refractivity contribution in [3.8, 4) is 0 Å². The molecule has 17 heavy (non-hydrogen) atoms. The summed E-state index contributed by atoms with van der Waals surface area (Å²) in [5.41, 5.74) is 5.70. The smallest absolute Gasteiger partial charge is 0.153 e. The first kappa shape index (κ1) is 12.8. The van der Waals surface area contributed by atoms with Crippen LogP contribution in [0, 0.1) is 0 Å². The molecule has 0 aromatic carbocycles. The lowest BCUT2D eigenvalue weighted by Crippen LogP contribution is -2.28. The predicted molar refractivity (Wildman–Crippen MR) is 74.8 cm³/mol. The van der Waals surface area contributed by atoms with Crippen LogP contribution in [0.2, 0.25) is 5.02 Å². The van der Waals surface area contributed by atoms with Gasteiger partial charge in [0, 0.05) is 23.6 Å². The van der Waals surface area contributed by atoms with E-state index in [0.717, 1.165) is 31.1 Å². The van der Waals surface area contributed by atoms with Crippen molar-refractivity contribution in [1.82, 2.24) is 9.97 Å². The molecule has 4 nitrogen and oxygen atoms in total. The van der Waals surface area contributed by atoms with Gasteiger partial charge in [-0.2, -0.15) is 11.8 Å². The number of anilines is 2. The van der Waals surface area contributed by atoms with Gasteiger partial charge in [0.25, 0.3) is 0 Å². The Bertz CT molecular complexity index is 410. The molecule has 1 aliphatic heterocycles. The van der Waals surface area contributed by atoms with Crippen molar-refractivity contribution in [1.29, 1.82) is 0 Å². The average molecular weight is 273 g/mol. The average Bonchev–Trinajstić information content (AvgIpc) is 2.44. The summed E-state index contributed by atoms with van der Waals surface area (Å²) >= 11 is 8.14. The molecule has 1 saturated heterocycles. The summed E-state index contributed by atoms with van der Waals surface area (Å²) in [5.74, 6) is 2.19. The molecular formula is C11H17ClN4S. The van der Waals surface area contributed by atoms with E-state index in [1.165, 1.54) is 6.33 Å². The molecule has 1 fully saturated rings. The highest BCUT2D eigenvalue weighted by Crippen LogP contribution is 2.34. The van der Waals surface area contributed by atoms with Gasteiger partial charge < -0.3 is 10.6 Å². The Morgan fingerprint density at radius 3 is 2.94 bits per heavy atom. The third kappa shape index (κ3) is 2.96. The lowest BCUT2D eigenvalue weighted by molar-refractivity contribution is 0.635. The highest BCUT2D eigenvalue weighted by atomic mass is 35.5. The number of nitrogens with two attached hydrogens (primary N) is 1. The Labute approximate surface area is 111 Å². The second-order valence-corrected chi connectivity index (χ2v) is 6.92. The summed E-state index contributed by atoms with van der Waals surface area (Å²) in [6.45, 7) is 6.45. The second-order valence-electron chi connectivity index (χ2n) is 4.74. The van der Waals surface area contributed by atoms with Gasteiger partial charge in [-0.15, -0.1) is 0 Å². The summed E-state index contributed by atoms with van der Waals surface area (Å²) in [5, 5.41) is 0.470. The molecule has 0 amide bonds. The first-order chi connectivity index (χ1) is 7.99. The van der Waals surface area contributed by atoms with Crippen LogP contribution < -0.4 is 10.6 Å². The van der Waals surface area contributed by atoms with Crippen LogP contribution in [0.1, 0.15) is 20.3 Å². The van der Waals surface area contributed by atoms with Gasteiger partial charge in [-0.1, -0.05) is 25.4 Å². The van der Waals surface area contributed by atoms with Gasteiger partial charge in [0.05, 0.1) is 0 Å². The fourth-order valence-electron chi connectivity index (χ4n) is 1.83. The number of hydrogen-bond acceptors (Lipinski definition) is 5. The number of hydrogen-bond donors (Lipinski definition) is 1. The quantitative estimate of drug-likeness (QED) is 0.851. The van der Waals surface area contributed by atoms with E-state index in [2.05, 4.69) is 28.7 Å². The zero-order valence-corrected chi connectivity index (χ0v) is 11.7. The monoisotopic (exact) mass is 272 g/mol. The number of aromatic nitrogens is 2. The van der Waals surface area contributed by atoms with Gasteiger partial charge in [0.15, 0.2) is 5.82 Å². The van der Waals surface area contributed by atoms with Gasteiger partial charge in [-0.3, -0.25) is 0 Å². The molecule has 0 atom stereocenters. The third-order valence-corrected chi connectivity index (χ3v) is 4.67. The Morgan fingerprint density at radius 2 is 2.18 bits per heavy atom. The van der Waals surface area contributed by atoms with E-state index in [1.54, 1.807) is 0 Å². The summed E-state index contributed by atoms with van der Waals surface area (Å²) < 4.78 is 0.319. The maximum absolute atomic E-state index is 6.15. The van der Waals surface area contributed by atoms with Gasteiger partial charge in [0.1, 0.15) is 17.2 Å². The van der Waals surface area contributed by atoms with E-state index >= 15 is 0 Å². The van der Waals surface area contributed by atoms with Crippen LogP contribution in [0.4, 0.5) is 11.6 Å². The fraction of sp³-hybridized carbons (Fsp3) is 0.636. The fourth-order valence-corrected chi connectivity index (χ4v) is 3.14. The Balaban J connectivity index is 2.20. The van der Waals surface area contributed by atoms with Crippen molar-refractivity contribution >= 4 is 35.0 Å². The minimum atomic E-state index is 0.319. The van der Waals surface area contributed by atoms with Crippen molar-refractivity contribution in [3.05, 3.63) is 11.3 Å². The minimum absolute atomic E-state index is 0.319. The van der Waals surface area contributed by atoms with E-state index in [9.17, 15) is 0 Å². The summed E-state index contributed by atoms with van der Waals surface area (Å²) in [6.07, 6.45) is 2.58. The molecule has 1 aliphatic rings. The van der Waals surface area contributed by atoms with Gasteiger partial charge in [-0.25, -0.2) is 9.97 Å². The molecule has 2 rings (SSSR count). The number of halogens is 1. The molecule has 2 heterocycles. The predicted octanol–water partition coefficient (Wildman–Crippen LogP) is 2.43. The van der Waals surface area contributed by atoms with E-state index < -0.39 is 0 Å². The van der Waals surface area contributed by atoms with Crippen LogP contribution >= 0.6 is 23.4 Å². The molecule has 0 spiro atoms. The van der Waals surface area contributed by atoms with Gasteiger partial charge in [0.2, 0.25) is 0 Å². The molecular weight excluding hydrogens is 256 g/mol. The van der Waals surface area contributed by atoms with Crippen LogP contribution in [-0.2, 0) is 0 Å². The minimum Gasteiger partial charge on any atom is -0.382 e. The molecule has 94 valence electrons. The van der Waals surface area contributed by atoms with Crippen LogP contribution in [0.15, 0.2) is 6.33 Å². The van der Waals surface area contributed by atoms with Crippen LogP contribution in [0.3, 0.4) is 0 Å². The molecule has 0 bridgehead atoms. The van der Waals surface area contributed by atoms with Crippen molar-refractivity contribution in [2.24, 2.45) is 0 Å². The molecule has 1 aromatic heterocycles. The lowest BCUT2D eigenvalue weighted by atomic mass is 10.1. The maximum atomic E-state index is 6.15. The van der Waals surface area contributed by atoms with E-state index in [1.807, 2.05) is 11.8 Å². The van der Waals surface area contributed by atoms with E-state index in [4.69, 9.17) is 17.3 Å². The van der Waals surface area contributed by atoms with Gasteiger partial charge >= 0.3 is 0 Å². The third-order valence-electron chi connectivity index (χ3n) is 2.94. The van der Waals surface area contributed by atoms with Crippen LogP contribution in [0.5, 0.6) is 0 Å².